The molecule has 1 aliphatic rings. The Morgan fingerprint density at radius 3 is 2.38 bits per heavy atom. The number of esters is 1. The molecule has 1 aliphatic carbocycles. The number of carboxylic acid groups (broad SMARTS) is 1. The molecule has 6 heteroatoms. The molecule has 0 heterocycles. The van der Waals surface area contributed by atoms with Gasteiger partial charge < -0.3 is 15.2 Å². The van der Waals surface area contributed by atoms with Crippen LogP contribution in [0.4, 0.5) is 0 Å². The van der Waals surface area contributed by atoms with Crippen molar-refractivity contribution in [3.05, 3.63) is 0 Å². The molecule has 0 spiro atoms. The smallest absolute Gasteiger partial charge is 0.315 e. The Bertz CT molecular complexity index is 308. The summed E-state index contributed by atoms with van der Waals surface area (Å²) in [6, 6.07) is 0. The SMILES string of the molecule is COC(=O)CC(=O)NCC1(C(=O)O)CCC1. The van der Waals surface area contributed by atoms with Crippen molar-refractivity contribution in [3.8, 4) is 0 Å². The molecular weight excluding hydrogens is 214 g/mol. The molecule has 0 aromatic rings. The Hall–Kier alpha value is -1.59. The quantitative estimate of drug-likeness (QED) is 0.508. The minimum Gasteiger partial charge on any atom is -0.481 e. The fourth-order valence-corrected chi connectivity index (χ4v) is 1.60. The van der Waals surface area contributed by atoms with E-state index in [1.807, 2.05) is 0 Å². The number of amides is 1. The van der Waals surface area contributed by atoms with Crippen LogP contribution in [-0.2, 0) is 19.1 Å². The second-order valence-corrected chi connectivity index (χ2v) is 3.97. The van der Waals surface area contributed by atoms with E-state index in [0.29, 0.717) is 12.8 Å². The largest absolute Gasteiger partial charge is 0.481 e. The van der Waals surface area contributed by atoms with Crippen LogP contribution in [0.1, 0.15) is 25.7 Å². The molecule has 6 nitrogen and oxygen atoms in total. The zero-order valence-corrected chi connectivity index (χ0v) is 9.12. The van der Waals surface area contributed by atoms with E-state index in [2.05, 4.69) is 10.1 Å². The van der Waals surface area contributed by atoms with E-state index >= 15 is 0 Å². The van der Waals surface area contributed by atoms with E-state index in [1.54, 1.807) is 0 Å². The van der Waals surface area contributed by atoms with Crippen LogP contribution in [0.15, 0.2) is 0 Å². The van der Waals surface area contributed by atoms with Crippen molar-refractivity contribution < 1.29 is 24.2 Å². The monoisotopic (exact) mass is 229 g/mol. The average molecular weight is 229 g/mol. The van der Waals surface area contributed by atoms with Crippen LogP contribution in [0.2, 0.25) is 0 Å². The van der Waals surface area contributed by atoms with E-state index in [0.717, 1.165) is 6.42 Å². The highest BCUT2D eigenvalue weighted by atomic mass is 16.5. The molecule has 0 aliphatic heterocycles. The summed E-state index contributed by atoms with van der Waals surface area (Å²) >= 11 is 0. The van der Waals surface area contributed by atoms with Gasteiger partial charge in [-0.3, -0.25) is 14.4 Å². The molecule has 0 saturated heterocycles. The van der Waals surface area contributed by atoms with E-state index < -0.39 is 23.3 Å². The number of carboxylic acids is 1. The summed E-state index contributed by atoms with van der Waals surface area (Å²) in [6.07, 6.45) is 1.63. The van der Waals surface area contributed by atoms with Gasteiger partial charge in [0.1, 0.15) is 6.42 Å². The molecule has 1 amide bonds. The molecule has 1 fully saturated rings. The van der Waals surface area contributed by atoms with E-state index in [1.165, 1.54) is 7.11 Å². The van der Waals surface area contributed by atoms with Crippen molar-refractivity contribution in [1.29, 1.82) is 0 Å². The van der Waals surface area contributed by atoms with E-state index in [9.17, 15) is 14.4 Å². The van der Waals surface area contributed by atoms with Crippen LogP contribution in [0.3, 0.4) is 0 Å². The zero-order valence-electron chi connectivity index (χ0n) is 9.12. The fraction of sp³-hybridized carbons (Fsp3) is 0.700. The summed E-state index contributed by atoms with van der Waals surface area (Å²) in [7, 11) is 1.19. The highest BCUT2D eigenvalue weighted by Crippen LogP contribution is 2.40. The molecule has 0 aromatic heterocycles. The molecule has 2 N–H and O–H groups in total. The van der Waals surface area contributed by atoms with Gasteiger partial charge in [-0.1, -0.05) is 6.42 Å². The van der Waals surface area contributed by atoms with Gasteiger partial charge in [-0.2, -0.15) is 0 Å². The Labute approximate surface area is 93.0 Å². The third kappa shape index (κ3) is 2.71. The molecule has 90 valence electrons. The Balaban J connectivity index is 2.36. The van der Waals surface area contributed by atoms with Crippen molar-refractivity contribution in [2.75, 3.05) is 13.7 Å². The van der Waals surface area contributed by atoms with Gasteiger partial charge in [0.25, 0.3) is 0 Å². The number of rotatable bonds is 5. The Morgan fingerprint density at radius 2 is 2.00 bits per heavy atom. The van der Waals surface area contributed by atoms with Crippen LogP contribution in [0.25, 0.3) is 0 Å². The van der Waals surface area contributed by atoms with Crippen LogP contribution < -0.4 is 5.32 Å². The minimum absolute atomic E-state index is 0.0815. The average Bonchev–Trinajstić information content (AvgIpc) is 2.15. The van der Waals surface area contributed by atoms with Gasteiger partial charge in [-0.05, 0) is 12.8 Å². The van der Waals surface area contributed by atoms with Gasteiger partial charge in [-0.25, -0.2) is 0 Å². The number of aliphatic carboxylic acids is 1. The molecule has 0 unspecified atom stereocenters. The third-order valence-corrected chi connectivity index (χ3v) is 2.92. The maximum atomic E-state index is 11.2. The summed E-state index contributed by atoms with van der Waals surface area (Å²) in [4.78, 5) is 32.9. The summed E-state index contributed by atoms with van der Waals surface area (Å²) < 4.78 is 4.32. The van der Waals surface area contributed by atoms with Gasteiger partial charge in [0, 0.05) is 6.54 Å². The first-order valence-electron chi connectivity index (χ1n) is 5.07. The van der Waals surface area contributed by atoms with Crippen molar-refractivity contribution >= 4 is 17.8 Å². The number of methoxy groups -OCH3 is 1. The number of carbonyl (C=O) groups is 3. The van der Waals surface area contributed by atoms with Crippen molar-refractivity contribution in [1.82, 2.24) is 5.32 Å². The normalized spacial score (nSPS) is 17.1. The number of hydrogen-bond donors (Lipinski definition) is 2. The van der Waals surface area contributed by atoms with Crippen molar-refractivity contribution in [2.24, 2.45) is 5.41 Å². The molecular formula is C10H15NO5. The predicted molar refractivity (Wildman–Crippen MR) is 53.6 cm³/mol. The first-order chi connectivity index (χ1) is 7.50. The predicted octanol–water partition coefficient (Wildman–Crippen LogP) is -0.0794. The standard InChI is InChI=1S/C10H15NO5/c1-16-8(13)5-7(12)11-6-10(9(14)15)3-2-4-10/h2-6H2,1H3,(H,11,12)(H,14,15). The second-order valence-electron chi connectivity index (χ2n) is 3.97. The maximum absolute atomic E-state index is 11.2. The second kappa shape index (κ2) is 4.96. The highest BCUT2D eigenvalue weighted by Gasteiger charge is 2.44. The van der Waals surface area contributed by atoms with Gasteiger partial charge in [0.2, 0.25) is 5.91 Å². The lowest BCUT2D eigenvalue weighted by Crippen LogP contribution is -2.47. The first-order valence-corrected chi connectivity index (χ1v) is 5.07. The van der Waals surface area contributed by atoms with Crippen LogP contribution >= 0.6 is 0 Å². The molecule has 1 rings (SSSR count). The minimum atomic E-state index is -0.892. The molecule has 1 saturated carbocycles. The molecule has 0 radical (unpaired) electrons. The Morgan fingerprint density at radius 1 is 1.38 bits per heavy atom. The van der Waals surface area contributed by atoms with Crippen molar-refractivity contribution in [2.45, 2.75) is 25.7 Å². The zero-order chi connectivity index (χ0) is 12.2. The topological polar surface area (TPSA) is 92.7 Å². The van der Waals surface area contributed by atoms with E-state index in [4.69, 9.17) is 5.11 Å². The van der Waals surface area contributed by atoms with Gasteiger partial charge in [0.05, 0.1) is 12.5 Å². The summed E-state index contributed by atoms with van der Waals surface area (Å²) in [5, 5.41) is 11.4. The van der Waals surface area contributed by atoms with Crippen LogP contribution in [-0.4, -0.2) is 36.6 Å². The lowest BCUT2D eigenvalue weighted by molar-refractivity contribution is -0.154. The fourth-order valence-electron chi connectivity index (χ4n) is 1.60. The maximum Gasteiger partial charge on any atom is 0.315 e. The Kier molecular flexibility index (Phi) is 3.87. The molecule has 0 aromatic carbocycles. The molecule has 0 bridgehead atoms. The van der Waals surface area contributed by atoms with Gasteiger partial charge in [-0.15, -0.1) is 0 Å². The van der Waals surface area contributed by atoms with Gasteiger partial charge in [0.15, 0.2) is 0 Å². The lowest BCUT2D eigenvalue weighted by atomic mass is 9.69. The van der Waals surface area contributed by atoms with Crippen LogP contribution in [0.5, 0.6) is 0 Å². The first kappa shape index (κ1) is 12.5. The molecule has 0 atom stereocenters. The van der Waals surface area contributed by atoms with Crippen molar-refractivity contribution in [3.63, 3.8) is 0 Å². The summed E-state index contributed by atoms with van der Waals surface area (Å²) in [5.41, 5.74) is -0.828. The number of ether oxygens (including phenoxy) is 1. The molecule has 16 heavy (non-hydrogen) atoms. The summed E-state index contributed by atoms with van der Waals surface area (Å²) in [6.45, 7) is 0.0815. The summed E-state index contributed by atoms with van der Waals surface area (Å²) in [5.74, 6) is -2.02. The van der Waals surface area contributed by atoms with Crippen LogP contribution in [0, 0.1) is 5.41 Å². The van der Waals surface area contributed by atoms with Gasteiger partial charge >= 0.3 is 11.9 Å². The third-order valence-electron chi connectivity index (χ3n) is 2.92. The number of hydrogen-bond acceptors (Lipinski definition) is 4. The number of carbonyl (C=O) groups excluding carboxylic acids is 2. The lowest BCUT2D eigenvalue weighted by Gasteiger charge is -2.37. The number of nitrogens with one attached hydrogen (secondary N) is 1. The highest BCUT2D eigenvalue weighted by molar-refractivity contribution is 5.94. The van der Waals surface area contributed by atoms with E-state index in [-0.39, 0.29) is 13.0 Å².